The van der Waals surface area contributed by atoms with Crippen LogP contribution in [0.25, 0.3) is 11.1 Å². The van der Waals surface area contributed by atoms with Crippen LogP contribution in [0.5, 0.6) is 0 Å². The Morgan fingerprint density at radius 3 is 2.10 bits per heavy atom. The predicted octanol–water partition coefficient (Wildman–Crippen LogP) is 5.19. The van der Waals surface area contributed by atoms with E-state index in [1.807, 2.05) is 31.2 Å². The second kappa shape index (κ2) is 6.59. The lowest BCUT2D eigenvalue weighted by Crippen LogP contribution is -2.64. The minimum Gasteiger partial charge on any atom is -0.479 e. The predicted molar refractivity (Wildman–Crippen MR) is 118 cm³/mol. The number of hydrogen-bond acceptors (Lipinski definition) is 3. The molecule has 5 heteroatoms. The van der Waals surface area contributed by atoms with Crippen molar-refractivity contribution in [3.63, 3.8) is 0 Å². The van der Waals surface area contributed by atoms with Gasteiger partial charge in [0, 0.05) is 11.3 Å². The summed E-state index contributed by atoms with van der Waals surface area (Å²) in [5.74, 6) is -0.729. The lowest BCUT2D eigenvalue weighted by molar-refractivity contribution is -0.152. The molecular weight excluding hydrogens is 390 g/mol. The van der Waals surface area contributed by atoms with Gasteiger partial charge in [-0.3, -0.25) is 0 Å². The van der Waals surface area contributed by atoms with Gasteiger partial charge < -0.3 is 15.2 Å². The van der Waals surface area contributed by atoms with Crippen LogP contribution in [0, 0.1) is 16.7 Å². The number of carbonyl (C=O) groups is 2. The Kier molecular flexibility index (Phi) is 4.27. The van der Waals surface area contributed by atoms with Gasteiger partial charge in [-0.05, 0) is 52.8 Å². The molecule has 5 rings (SSSR count). The van der Waals surface area contributed by atoms with Crippen molar-refractivity contribution in [2.45, 2.75) is 51.5 Å². The van der Waals surface area contributed by atoms with E-state index in [1.165, 1.54) is 0 Å². The van der Waals surface area contributed by atoms with E-state index in [0.717, 1.165) is 35.1 Å². The van der Waals surface area contributed by atoms with E-state index in [9.17, 15) is 14.7 Å². The van der Waals surface area contributed by atoms with E-state index in [0.29, 0.717) is 6.42 Å². The number of nitrogens with one attached hydrogen (secondary N) is 1. The molecule has 3 aliphatic rings. The molecule has 0 saturated heterocycles. The highest BCUT2D eigenvalue weighted by atomic mass is 16.5. The van der Waals surface area contributed by atoms with E-state index >= 15 is 0 Å². The molecular formula is C26H29NO4. The molecule has 162 valence electrons. The Labute approximate surface area is 182 Å². The summed E-state index contributed by atoms with van der Waals surface area (Å²) < 4.78 is 5.68. The highest BCUT2D eigenvalue weighted by molar-refractivity contribution is 5.87. The second-order valence-corrected chi connectivity index (χ2v) is 10.2. The van der Waals surface area contributed by atoms with Crippen molar-refractivity contribution < 1.29 is 19.4 Å². The van der Waals surface area contributed by atoms with Crippen LogP contribution in [0.1, 0.15) is 57.1 Å². The first-order chi connectivity index (χ1) is 14.7. The average Bonchev–Trinajstić information content (AvgIpc) is 3.24. The Bertz CT molecular complexity index is 1030. The zero-order valence-electron chi connectivity index (χ0n) is 18.3. The van der Waals surface area contributed by atoms with Crippen molar-refractivity contribution in [2.24, 2.45) is 16.7 Å². The maximum Gasteiger partial charge on any atom is 0.408 e. The third kappa shape index (κ3) is 2.55. The monoisotopic (exact) mass is 419 g/mol. The molecule has 0 unspecified atom stereocenters. The van der Waals surface area contributed by atoms with Gasteiger partial charge in [0.2, 0.25) is 0 Å². The number of aliphatic carboxylic acids is 1. The molecule has 31 heavy (non-hydrogen) atoms. The number of amides is 1. The van der Waals surface area contributed by atoms with Crippen LogP contribution in [0.2, 0.25) is 0 Å². The molecule has 0 radical (unpaired) electrons. The van der Waals surface area contributed by atoms with Gasteiger partial charge in [-0.1, -0.05) is 69.3 Å². The maximum absolute atomic E-state index is 12.9. The lowest BCUT2D eigenvalue weighted by Gasteiger charge is -2.45. The summed E-state index contributed by atoms with van der Waals surface area (Å²) in [7, 11) is 0. The lowest BCUT2D eigenvalue weighted by atomic mass is 9.63. The number of carboxylic acid groups (broad SMARTS) is 1. The summed E-state index contributed by atoms with van der Waals surface area (Å²) >= 11 is 0. The first-order valence-corrected chi connectivity index (χ1v) is 11.1. The van der Waals surface area contributed by atoms with Crippen molar-refractivity contribution in [3.05, 3.63) is 59.7 Å². The van der Waals surface area contributed by atoms with E-state index in [1.54, 1.807) is 0 Å². The molecule has 0 aromatic heterocycles. The van der Waals surface area contributed by atoms with Crippen LogP contribution in [0.15, 0.2) is 48.5 Å². The Morgan fingerprint density at radius 1 is 1.03 bits per heavy atom. The van der Waals surface area contributed by atoms with Gasteiger partial charge in [-0.15, -0.1) is 0 Å². The Balaban J connectivity index is 1.37. The van der Waals surface area contributed by atoms with Crippen molar-refractivity contribution in [1.82, 2.24) is 5.32 Å². The summed E-state index contributed by atoms with van der Waals surface area (Å²) in [5, 5.41) is 13.0. The Morgan fingerprint density at radius 2 is 1.61 bits per heavy atom. The molecule has 0 spiro atoms. The van der Waals surface area contributed by atoms with Crippen molar-refractivity contribution in [2.75, 3.05) is 6.61 Å². The fraction of sp³-hybridized carbons (Fsp3) is 0.462. The van der Waals surface area contributed by atoms with Gasteiger partial charge in [-0.2, -0.15) is 0 Å². The molecule has 3 atom stereocenters. The van der Waals surface area contributed by atoms with Gasteiger partial charge in [-0.25, -0.2) is 9.59 Å². The van der Waals surface area contributed by atoms with Crippen LogP contribution < -0.4 is 5.32 Å². The van der Waals surface area contributed by atoms with Gasteiger partial charge in [0.05, 0.1) is 0 Å². The average molecular weight is 420 g/mol. The molecule has 2 aromatic carbocycles. The minimum atomic E-state index is -1.29. The summed E-state index contributed by atoms with van der Waals surface area (Å²) in [6, 6.07) is 16.3. The maximum atomic E-state index is 12.9. The molecule has 0 heterocycles. The van der Waals surface area contributed by atoms with Crippen LogP contribution >= 0.6 is 0 Å². The van der Waals surface area contributed by atoms with Crippen molar-refractivity contribution in [1.29, 1.82) is 0 Å². The first kappa shape index (κ1) is 20.1. The number of ether oxygens (including phenoxy) is 1. The van der Waals surface area contributed by atoms with Crippen LogP contribution in [-0.2, 0) is 9.53 Å². The number of alkyl carbamates (subject to hydrolysis) is 1. The van der Waals surface area contributed by atoms with Crippen molar-refractivity contribution >= 4 is 12.1 Å². The second-order valence-electron chi connectivity index (χ2n) is 10.2. The van der Waals surface area contributed by atoms with Crippen LogP contribution in [-0.4, -0.2) is 29.3 Å². The van der Waals surface area contributed by atoms with E-state index in [4.69, 9.17) is 4.74 Å². The molecule has 5 nitrogen and oxygen atoms in total. The number of fused-ring (bicyclic) bond motifs is 5. The van der Waals surface area contributed by atoms with Gasteiger partial charge in [0.25, 0.3) is 0 Å². The Hall–Kier alpha value is -2.82. The normalized spacial score (nSPS) is 30.0. The molecule has 2 N–H and O–H groups in total. The quantitative estimate of drug-likeness (QED) is 0.715. The highest BCUT2D eigenvalue weighted by Crippen LogP contribution is 2.69. The largest absolute Gasteiger partial charge is 0.479 e. The molecule has 0 aliphatic heterocycles. The molecule has 2 fully saturated rings. The number of hydrogen-bond donors (Lipinski definition) is 2. The third-order valence-corrected chi connectivity index (χ3v) is 8.95. The minimum absolute atomic E-state index is 0.0500. The topological polar surface area (TPSA) is 75.6 Å². The number of rotatable bonds is 4. The zero-order chi connectivity index (χ0) is 22.0. The summed E-state index contributed by atoms with van der Waals surface area (Å²) in [5.41, 5.74) is 2.65. The molecule has 1 amide bonds. The van der Waals surface area contributed by atoms with Crippen LogP contribution in [0.4, 0.5) is 4.79 Å². The fourth-order valence-corrected chi connectivity index (χ4v) is 6.69. The number of carboxylic acids is 1. The fourth-order valence-electron chi connectivity index (χ4n) is 6.69. The summed E-state index contributed by atoms with van der Waals surface area (Å²) in [4.78, 5) is 25.4. The smallest absolute Gasteiger partial charge is 0.408 e. The standard InChI is InChI=1S/C26H29NO4/c1-24(2)16-12-13-25(24,3)26(14-16,22(28)29)27-23(30)31-15-21-19-10-6-4-8-17(19)18-9-5-7-11-20(18)21/h4-11,16,21H,12-15H2,1-3H3,(H,27,30)(H,28,29)/t16-,25-,26+/m1/s1. The van der Waals surface area contributed by atoms with Gasteiger partial charge in [0.1, 0.15) is 12.1 Å². The molecule has 2 saturated carbocycles. The summed E-state index contributed by atoms with van der Waals surface area (Å²) in [6.07, 6.45) is 1.61. The third-order valence-electron chi connectivity index (χ3n) is 8.95. The molecule has 2 aromatic rings. The molecule has 2 bridgehead atoms. The van der Waals surface area contributed by atoms with Gasteiger partial charge >= 0.3 is 12.1 Å². The number of benzene rings is 2. The van der Waals surface area contributed by atoms with E-state index in [-0.39, 0.29) is 23.9 Å². The zero-order valence-corrected chi connectivity index (χ0v) is 18.3. The van der Waals surface area contributed by atoms with E-state index in [2.05, 4.69) is 43.4 Å². The van der Waals surface area contributed by atoms with Crippen molar-refractivity contribution in [3.8, 4) is 11.1 Å². The first-order valence-electron chi connectivity index (χ1n) is 11.1. The van der Waals surface area contributed by atoms with E-state index < -0.39 is 23.0 Å². The van der Waals surface area contributed by atoms with Gasteiger partial charge in [0.15, 0.2) is 0 Å². The van der Waals surface area contributed by atoms with Crippen LogP contribution in [0.3, 0.4) is 0 Å². The summed E-state index contributed by atoms with van der Waals surface area (Å²) in [6.45, 7) is 6.46. The molecule has 3 aliphatic carbocycles. The number of carbonyl (C=O) groups excluding carboxylic acids is 1. The SMILES string of the molecule is CC1(C)[C@@H]2CC[C@@]1(C)[C@@](NC(=O)OCC1c3ccccc3-c3ccccc31)(C(=O)O)C2. The highest BCUT2D eigenvalue weighted by Gasteiger charge is 2.72.